The summed E-state index contributed by atoms with van der Waals surface area (Å²) >= 11 is 0. The maximum absolute atomic E-state index is 11.9. The molecule has 0 spiro atoms. The van der Waals surface area contributed by atoms with E-state index in [0.29, 0.717) is 0 Å². The highest BCUT2D eigenvalue weighted by Gasteiger charge is 2.40. The van der Waals surface area contributed by atoms with Crippen LogP contribution in [-0.4, -0.2) is 11.9 Å². The quantitative estimate of drug-likeness (QED) is 0.809. The van der Waals surface area contributed by atoms with Gasteiger partial charge in [-0.05, 0) is 36.8 Å². The molecule has 1 aromatic carbocycles. The number of hydrogen-bond acceptors (Lipinski definition) is 2. The Bertz CT molecular complexity index is 444. The van der Waals surface area contributed by atoms with Crippen molar-refractivity contribution in [2.75, 3.05) is 0 Å². The van der Waals surface area contributed by atoms with Crippen molar-refractivity contribution in [2.45, 2.75) is 37.8 Å². The standard InChI is InChI=1S/C14H18N2O/c15-12-8-11(12)14(17)16-13-7-3-5-9-4-1-2-6-10(9)13/h1-2,4,6,11-13H,3,5,7-8,15H2,(H,16,17). The molecule has 3 unspecified atom stereocenters. The molecule has 1 fully saturated rings. The Hall–Kier alpha value is -1.35. The van der Waals surface area contributed by atoms with E-state index in [2.05, 4.69) is 23.5 Å². The molecule has 2 aliphatic carbocycles. The molecule has 0 aliphatic heterocycles. The third kappa shape index (κ3) is 2.07. The zero-order chi connectivity index (χ0) is 11.8. The lowest BCUT2D eigenvalue weighted by molar-refractivity contribution is -0.123. The first-order valence-electron chi connectivity index (χ1n) is 6.39. The second kappa shape index (κ2) is 4.15. The number of carbonyl (C=O) groups excluding carboxylic acids is 1. The molecule has 0 bridgehead atoms. The lowest BCUT2D eigenvalue weighted by atomic mass is 9.87. The third-order valence-electron chi connectivity index (χ3n) is 3.86. The Morgan fingerprint density at radius 3 is 2.88 bits per heavy atom. The number of nitrogens with two attached hydrogens (primary N) is 1. The van der Waals surface area contributed by atoms with Gasteiger partial charge in [0.15, 0.2) is 0 Å². The Balaban J connectivity index is 1.74. The van der Waals surface area contributed by atoms with Gasteiger partial charge in [-0.15, -0.1) is 0 Å². The van der Waals surface area contributed by atoms with Crippen molar-refractivity contribution in [1.82, 2.24) is 5.32 Å². The van der Waals surface area contributed by atoms with E-state index < -0.39 is 0 Å². The van der Waals surface area contributed by atoms with Crippen molar-refractivity contribution in [3.05, 3.63) is 35.4 Å². The zero-order valence-electron chi connectivity index (χ0n) is 9.86. The molecular formula is C14H18N2O. The predicted octanol–water partition coefficient (Wildman–Crippen LogP) is 1.53. The maximum Gasteiger partial charge on any atom is 0.225 e. The summed E-state index contributed by atoms with van der Waals surface area (Å²) < 4.78 is 0. The topological polar surface area (TPSA) is 55.1 Å². The van der Waals surface area contributed by atoms with Gasteiger partial charge >= 0.3 is 0 Å². The third-order valence-corrected chi connectivity index (χ3v) is 3.86. The number of rotatable bonds is 2. The molecule has 0 aromatic heterocycles. The highest BCUT2D eigenvalue weighted by molar-refractivity contribution is 5.82. The molecule has 3 atom stereocenters. The summed E-state index contributed by atoms with van der Waals surface area (Å²) in [6, 6.07) is 8.70. The van der Waals surface area contributed by atoms with E-state index >= 15 is 0 Å². The lowest BCUT2D eigenvalue weighted by Gasteiger charge is -2.26. The number of benzene rings is 1. The van der Waals surface area contributed by atoms with Crippen LogP contribution in [0.5, 0.6) is 0 Å². The lowest BCUT2D eigenvalue weighted by Crippen LogP contribution is -2.33. The molecule has 0 radical (unpaired) electrons. The van der Waals surface area contributed by atoms with Gasteiger partial charge in [0.1, 0.15) is 0 Å². The summed E-state index contributed by atoms with van der Waals surface area (Å²) in [4.78, 5) is 11.9. The minimum atomic E-state index is 0.0593. The van der Waals surface area contributed by atoms with Crippen LogP contribution < -0.4 is 11.1 Å². The predicted molar refractivity (Wildman–Crippen MR) is 66.3 cm³/mol. The Morgan fingerprint density at radius 2 is 2.12 bits per heavy atom. The van der Waals surface area contributed by atoms with Crippen LogP contribution in [0.2, 0.25) is 0 Å². The average molecular weight is 230 g/mol. The number of fused-ring (bicyclic) bond motifs is 1. The fraction of sp³-hybridized carbons (Fsp3) is 0.500. The summed E-state index contributed by atoms with van der Waals surface area (Å²) in [6.07, 6.45) is 4.18. The summed E-state index contributed by atoms with van der Waals surface area (Å²) in [5.74, 6) is 0.197. The van der Waals surface area contributed by atoms with E-state index in [1.165, 1.54) is 11.1 Å². The Labute approximate surface area is 101 Å². The highest BCUT2D eigenvalue weighted by Crippen LogP contribution is 2.32. The molecule has 0 heterocycles. The zero-order valence-corrected chi connectivity index (χ0v) is 9.86. The smallest absolute Gasteiger partial charge is 0.225 e. The van der Waals surface area contributed by atoms with Crippen LogP contribution >= 0.6 is 0 Å². The van der Waals surface area contributed by atoms with E-state index in [1.54, 1.807) is 0 Å². The monoisotopic (exact) mass is 230 g/mol. The molecule has 1 saturated carbocycles. The van der Waals surface area contributed by atoms with E-state index in [0.717, 1.165) is 25.7 Å². The number of aryl methyl sites for hydroxylation is 1. The van der Waals surface area contributed by atoms with Crippen molar-refractivity contribution in [1.29, 1.82) is 0 Å². The van der Waals surface area contributed by atoms with Crippen molar-refractivity contribution in [2.24, 2.45) is 11.7 Å². The van der Waals surface area contributed by atoms with Crippen molar-refractivity contribution in [3.63, 3.8) is 0 Å². The van der Waals surface area contributed by atoms with Gasteiger partial charge in [-0.3, -0.25) is 4.79 Å². The summed E-state index contributed by atoms with van der Waals surface area (Å²) in [5, 5.41) is 3.15. The molecule has 2 aliphatic rings. The molecule has 1 amide bonds. The van der Waals surface area contributed by atoms with Crippen LogP contribution in [0.15, 0.2) is 24.3 Å². The second-order valence-corrected chi connectivity index (χ2v) is 5.16. The Morgan fingerprint density at radius 1 is 1.35 bits per heavy atom. The molecule has 90 valence electrons. The minimum absolute atomic E-state index is 0.0593. The van der Waals surface area contributed by atoms with Gasteiger partial charge in [0.25, 0.3) is 0 Å². The molecule has 3 N–H and O–H groups in total. The van der Waals surface area contributed by atoms with Gasteiger partial charge in [0, 0.05) is 6.04 Å². The van der Waals surface area contributed by atoms with Gasteiger partial charge in [0.05, 0.1) is 12.0 Å². The van der Waals surface area contributed by atoms with Gasteiger partial charge in [-0.2, -0.15) is 0 Å². The molecular weight excluding hydrogens is 212 g/mol. The number of carbonyl (C=O) groups is 1. The number of hydrogen-bond donors (Lipinski definition) is 2. The molecule has 3 nitrogen and oxygen atoms in total. The van der Waals surface area contributed by atoms with Crippen molar-refractivity contribution >= 4 is 5.91 Å². The average Bonchev–Trinajstić information content (AvgIpc) is 3.07. The molecule has 17 heavy (non-hydrogen) atoms. The van der Waals surface area contributed by atoms with E-state index in [1.807, 2.05) is 6.07 Å². The van der Waals surface area contributed by atoms with Crippen LogP contribution in [0, 0.1) is 5.92 Å². The van der Waals surface area contributed by atoms with Gasteiger partial charge in [-0.25, -0.2) is 0 Å². The van der Waals surface area contributed by atoms with Crippen molar-refractivity contribution in [3.8, 4) is 0 Å². The highest BCUT2D eigenvalue weighted by atomic mass is 16.2. The van der Waals surface area contributed by atoms with Crippen LogP contribution in [0.25, 0.3) is 0 Å². The first-order chi connectivity index (χ1) is 8.25. The van der Waals surface area contributed by atoms with Crippen LogP contribution in [0.3, 0.4) is 0 Å². The van der Waals surface area contributed by atoms with Crippen LogP contribution in [-0.2, 0) is 11.2 Å². The van der Waals surface area contributed by atoms with E-state index in [-0.39, 0.29) is 23.9 Å². The minimum Gasteiger partial charge on any atom is -0.349 e. The first-order valence-corrected chi connectivity index (χ1v) is 6.39. The van der Waals surface area contributed by atoms with Gasteiger partial charge in [-0.1, -0.05) is 24.3 Å². The van der Waals surface area contributed by atoms with Gasteiger partial charge < -0.3 is 11.1 Å². The summed E-state index contributed by atoms with van der Waals surface area (Å²) in [7, 11) is 0. The molecule has 0 saturated heterocycles. The largest absolute Gasteiger partial charge is 0.349 e. The van der Waals surface area contributed by atoms with E-state index in [9.17, 15) is 4.79 Å². The normalized spacial score (nSPS) is 30.5. The molecule has 1 aromatic rings. The first kappa shape index (κ1) is 10.8. The van der Waals surface area contributed by atoms with Crippen LogP contribution in [0.4, 0.5) is 0 Å². The van der Waals surface area contributed by atoms with Crippen molar-refractivity contribution < 1.29 is 4.79 Å². The molecule has 3 rings (SSSR count). The molecule has 3 heteroatoms. The maximum atomic E-state index is 11.9. The fourth-order valence-electron chi connectivity index (χ4n) is 2.70. The fourth-order valence-corrected chi connectivity index (χ4v) is 2.70. The summed E-state index contributed by atoms with van der Waals surface area (Å²) in [6.45, 7) is 0. The number of nitrogens with one attached hydrogen (secondary N) is 1. The van der Waals surface area contributed by atoms with E-state index in [4.69, 9.17) is 5.73 Å². The SMILES string of the molecule is NC1CC1C(=O)NC1CCCc2ccccc21. The van der Waals surface area contributed by atoms with Crippen LogP contribution in [0.1, 0.15) is 36.4 Å². The Kier molecular flexibility index (Phi) is 2.63. The number of amides is 1. The second-order valence-electron chi connectivity index (χ2n) is 5.16. The van der Waals surface area contributed by atoms with Gasteiger partial charge in [0.2, 0.25) is 5.91 Å². The summed E-state index contributed by atoms with van der Waals surface area (Å²) in [5.41, 5.74) is 8.38.